The molecule has 14 heteroatoms. The van der Waals surface area contributed by atoms with Gasteiger partial charge in [0.05, 0.1) is 12.1 Å². The second-order valence-electron chi connectivity index (χ2n) is 7.22. The van der Waals surface area contributed by atoms with Crippen molar-refractivity contribution in [1.82, 2.24) is 10.2 Å². The fraction of sp³-hybridized carbons (Fsp3) is 0.579. The Bertz CT molecular complexity index is 765. The number of aliphatic hydroxyl groups excluding tert-OH is 2. The molecule has 1 aromatic carbocycles. The van der Waals surface area contributed by atoms with Gasteiger partial charge in [-0.05, 0) is 37.6 Å². The summed E-state index contributed by atoms with van der Waals surface area (Å²) in [5.74, 6) is -3.54. The molecule has 1 aromatic rings. The highest BCUT2D eigenvalue weighted by Gasteiger charge is 2.37. The number of carbonyl (C=O) groups is 2. The van der Waals surface area contributed by atoms with Crippen molar-refractivity contribution < 1.29 is 56.4 Å². The number of rotatable bonds is 7. The number of benzene rings is 1. The number of hydrogen-bond donors (Lipinski definition) is 5. The summed E-state index contributed by atoms with van der Waals surface area (Å²) in [6, 6.07) is 4.43. The minimum atomic E-state index is -4.57. The van der Waals surface area contributed by atoms with Crippen LogP contribution in [0.1, 0.15) is 24.0 Å². The normalized spacial score (nSPS) is 17.1. The van der Waals surface area contributed by atoms with Crippen LogP contribution in [-0.4, -0.2) is 81.3 Å². The molecular weight excluding hydrogens is 466 g/mol. The molecule has 0 spiro atoms. The third-order valence-electron chi connectivity index (χ3n) is 4.71. The Morgan fingerprint density at radius 3 is 1.88 bits per heavy atom. The molecule has 1 aliphatic rings. The molecule has 188 valence electrons. The van der Waals surface area contributed by atoms with E-state index in [1.807, 2.05) is 0 Å². The van der Waals surface area contributed by atoms with E-state index in [1.165, 1.54) is 18.2 Å². The summed E-state index contributed by atoms with van der Waals surface area (Å²) in [6.45, 7) is -0.427. The molecule has 1 aliphatic heterocycles. The van der Waals surface area contributed by atoms with Crippen molar-refractivity contribution in [2.75, 3.05) is 19.6 Å². The second kappa shape index (κ2) is 12.2. The van der Waals surface area contributed by atoms with E-state index in [0.29, 0.717) is 25.9 Å². The number of carboxylic acids is 2. The van der Waals surface area contributed by atoms with Gasteiger partial charge >= 0.3 is 24.3 Å². The van der Waals surface area contributed by atoms with Gasteiger partial charge in [0.1, 0.15) is 0 Å². The highest BCUT2D eigenvalue weighted by atomic mass is 19.4. The summed E-state index contributed by atoms with van der Waals surface area (Å²) < 4.78 is 77.5. The average Bonchev–Trinajstić information content (AvgIpc) is 2.71. The molecular formula is C19H24F6N2O6. The standard InChI is InChI=1S/C15H18F6N2.C4H6O6/c16-14(17,18)10-23(12-5-7-22-8-6-12)9-11-3-1-2-4-13(11)15(19,20)21;5-1(3(7)8)2(6)4(9)10/h1-4,12,22H,5-10H2;1-2,5-6H,(H,7,8)(H,9,10)/t;1-,2-/m.1/s1. The van der Waals surface area contributed by atoms with E-state index >= 15 is 0 Å². The van der Waals surface area contributed by atoms with Crippen molar-refractivity contribution in [2.45, 2.75) is 50.0 Å². The van der Waals surface area contributed by atoms with Gasteiger partial charge in [0, 0.05) is 12.6 Å². The Morgan fingerprint density at radius 2 is 1.45 bits per heavy atom. The van der Waals surface area contributed by atoms with Crippen LogP contribution in [0.4, 0.5) is 26.3 Å². The molecule has 0 saturated carbocycles. The fourth-order valence-corrected chi connectivity index (χ4v) is 3.14. The quantitative estimate of drug-likeness (QED) is 0.365. The minimum Gasteiger partial charge on any atom is -0.479 e. The van der Waals surface area contributed by atoms with Crippen molar-refractivity contribution in [3.63, 3.8) is 0 Å². The summed E-state index contributed by atoms with van der Waals surface area (Å²) >= 11 is 0. The molecule has 1 heterocycles. The summed E-state index contributed by atoms with van der Waals surface area (Å²) in [5, 5.41) is 35.6. The highest BCUT2D eigenvalue weighted by Crippen LogP contribution is 2.33. The van der Waals surface area contributed by atoms with Crippen molar-refractivity contribution in [3.05, 3.63) is 35.4 Å². The molecule has 5 N–H and O–H groups in total. The van der Waals surface area contributed by atoms with Crippen LogP contribution in [0.15, 0.2) is 24.3 Å². The number of halogens is 6. The topological polar surface area (TPSA) is 130 Å². The number of aliphatic carboxylic acids is 2. The van der Waals surface area contributed by atoms with Gasteiger partial charge in [-0.1, -0.05) is 18.2 Å². The predicted molar refractivity (Wildman–Crippen MR) is 101 cm³/mol. The Kier molecular flexibility index (Phi) is 10.5. The lowest BCUT2D eigenvalue weighted by atomic mass is 10.0. The van der Waals surface area contributed by atoms with Gasteiger partial charge in [-0.15, -0.1) is 0 Å². The Labute approximate surface area is 184 Å². The molecule has 0 aromatic heterocycles. The Morgan fingerprint density at radius 1 is 0.970 bits per heavy atom. The van der Waals surface area contributed by atoms with Crippen LogP contribution in [-0.2, 0) is 22.3 Å². The molecule has 1 saturated heterocycles. The van der Waals surface area contributed by atoms with Crippen molar-refractivity contribution in [2.24, 2.45) is 0 Å². The molecule has 0 aliphatic carbocycles. The highest BCUT2D eigenvalue weighted by molar-refractivity contribution is 5.83. The first-order chi connectivity index (χ1) is 15.1. The van der Waals surface area contributed by atoms with Crippen LogP contribution in [0.5, 0.6) is 0 Å². The lowest BCUT2D eigenvalue weighted by Gasteiger charge is -2.35. The number of nitrogens with one attached hydrogen (secondary N) is 1. The van der Waals surface area contributed by atoms with Crippen LogP contribution in [0, 0.1) is 0 Å². The van der Waals surface area contributed by atoms with Crippen LogP contribution < -0.4 is 5.32 Å². The molecule has 2 rings (SSSR count). The van der Waals surface area contributed by atoms with Gasteiger partial charge in [0.2, 0.25) is 0 Å². The first-order valence-corrected chi connectivity index (χ1v) is 9.62. The second-order valence-corrected chi connectivity index (χ2v) is 7.22. The molecule has 33 heavy (non-hydrogen) atoms. The number of aliphatic hydroxyl groups is 2. The van der Waals surface area contributed by atoms with Crippen LogP contribution in [0.3, 0.4) is 0 Å². The van der Waals surface area contributed by atoms with Gasteiger partial charge in [-0.3, -0.25) is 4.90 Å². The van der Waals surface area contributed by atoms with E-state index in [9.17, 15) is 35.9 Å². The van der Waals surface area contributed by atoms with Crippen LogP contribution in [0.25, 0.3) is 0 Å². The summed E-state index contributed by atoms with van der Waals surface area (Å²) in [7, 11) is 0. The molecule has 0 amide bonds. The maximum atomic E-state index is 13.0. The zero-order valence-electron chi connectivity index (χ0n) is 17.1. The van der Waals surface area contributed by atoms with Gasteiger partial charge in [0.15, 0.2) is 12.2 Å². The van der Waals surface area contributed by atoms with Crippen molar-refractivity contribution >= 4 is 11.9 Å². The maximum Gasteiger partial charge on any atom is 0.416 e. The number of alkyl halides is 6. The molecule has 0 bridgehead atoms. The lowest BCUT2D eigenvalue weighted by Crippen LogP contribution is -2.46. The smallest absolute Gasteiger partial charge is 0.416 e. The van der Waals surface area contributed by atoms with Gasteiger partial charge < -0.3 is 25.7 Å². The molecule has 1 fully saturated rings. The van der Waals surface area contributed by atoms with E-state index < -0.39 is 48.6 Å². The number of hydrogen-bond acceptors (Lipinski definition) is 6. The zero-order chi connectivity index (χ0) is 25.4. The van der Waals surface area contributed by atoms with Crippen molar-refractivity contribution in [1.29, 1.82) is 0 Å². The van der Waals surface area contributed by atoms with E-state index in [0.717, 1.165) is 11.0 Å². The average molecular weight is 490 g/mol. The monoisotopic (exact) mass is 490 g/mol. The first-order valence-electron chi connectivity index (χ1n) is 9.62. The van der Waals surface area contributed by atoms with Crippen LogP contribution in [0.2, 0.25) is 0 Å². The summed E-state index contributed by atoms with van der Waals surface area (Å²) in [4.78, 5) is 20.7. The predicted octanol–water partition coefficient (Wildman–Crippen LogP) is 1.70. The lowest BCUT2D eigenvalue weighted by molar-refractivity contribution is -0.165. The van der Waals surface area contributed by atoms with Gasteiger partial charge in [-0.25, -0.2) is 9.59 Å². The number of carboxylic acid groups (broad SMARTS) is 2. The molecule has 0 radical (unpaired) electrons. The number of nitrogens with zero attached hydrogens (tertiary/aromatic N) is 1. The van der Waals surface area contributed by atoms with Crippen LogP contribution >= 0.6 is 0 Å². The Hall–Kier alpha value is -2.42. The zero-order valence-corrected chi connectivity index (χ0v) is 17.1. The van der Waals surface area contributed by atoms with E-state index in [2.05, 4.69) is 5.32 Å². The minimum absolute atomic E-state index is 0.122. The van der Waals surface area contributed by atoms with Crippen molar-refractivity contribution in [3.8, 4) is 0 Å². The largest absolute Gasteiger partial charge is 0.479 e. The summed E-state index contributed by atoms with van der Waals surface area (Å²) in [5.41, 5.74) is -0.996. The third-order valence-corrected chi connectivity index (χ3v) is 4.71. The SMILES string of the molecule is FC(F)(F)CN(Cc1ccccc1C(F)(F)F)C1CCNCC1.O=C(O)[C@H](O)[C@@H](O)C(=O)O. The maximum absolute atomic E-state index is 13.0. The van der Waals surface area contributed by atoms with E-state index in [-0.39, 0.29) is 18.2 Å². The van der Waals surface area contributed by atoms with Gasteiger partial charge in [-0.2, -0.15) is 26.3 Å². The Balaban J connectivity index is 0.000000461. The van der Waals surface area contributed by atoms with E-state index in [1.54, 1.807) is 0 Å². The molecule has 8 nitrogen and oxygen atoms in total. The fourth-order valence-electron chi connectivity index (χ4n) is 3.14. The molecule has 0 unspecified atom stereocenters. The van der Waals surface area contributed by atoms with Gasteiger partial charge in [0.25, 0.3) is 0 Å². The summed E-state index contributed by atoms with van der Waals surface area (Å²) in [6.07, 6.45) is -12.6. The molecule has 2 atom stereocenters. The van der Waals surface area contributed by atoms with E-state index in [4.69, 9.17) is 20.4 Å². The number of piperidine rings is 1. The third kappa shape index (κ3) is 9.94. The first kappa shape index (κ1) is 28.6.